The Kier molecular flexibility index (Phi) is 7.70. The molecule has 1 N–H and O–H groups in total. The third-order valence-electron chi connectivity index (χ3n) is 6.45. The summed E-state index contributed by atoms with van der Waals surface area (Å²) in [4.78, 5) is 18.5. The molecule has 2 saturated heterocycles. The predicted octanol–water partition coefficient (Wildman–Crippen LogP) is 2.45. The molecule has 1 unspecified atom stereocenters. The highest BCUT2D eigenvalue weighted by atomic mass is 32.2. The number of thiophene rings is 1. The number of rotatable bonds is 6. The highest BCUT2D eigenvalue weighted by molar-refractivity contribution is 7.89. The predicted molar refractivity (Wildman–Crippen MR) is 129 cm³/mol. The Hall–Kier alpha value is -1.98. The van der Waals surface area contributed by atoms with E-state index in [1.807, 2.05) is 26.0 Å². The highest BCUT2D eigenvalue weighted by Crippen LogP contribution is 2.26. The van der Waals surface area contributed by atoms with Gasteiger partial charge in [0, 0.05) is 50.7 Å². The van der Waals surface area contributed by atoms with Crippen molar-refractivity contribution in [1.29, 1.82) is 0 Å². The number of ether oxygens (including phenoxy) is 1. The molecule has 1 aromatic carbocycles. The van der Waals surface area contributed by atoms with Crippen LogP contribution >= 0.6 is 11.3 Å². The molecule has 2 aliphatic heterocycles. The van der Waals surface area contributed by atoms with Crippen LogP contribution in [-0.2, 0) is 14.8 Å². The van der Waals surface area contributed by atoms with Gasteiger partial charge >= 0.3 is 6.03 Å². The standard InChI is InChI=1S/C23H32N4O4S2/c1-18-5-6-20(16-19(18)2)33(29,30)27-9-7-26(8-10-27)23(28)24-17-21(22-4-3-15-32-22)25-11-13-31-14-12-25/h3-6,15-16,21H,7-14,17H2,1-2H3,(H,24,28). The zero-order chi connectivity index (χ0) is 23.4. The maximum atomic E-state index is 13.0. The molecule has 4 rings (SSSR count). The van der Waals surface area contributed by atoms with Gasteiger partial charge in [-0.2, -0.15) is 4.31 Å². The van der Waals surface area contributed by atoms with Gasteiger partial charge in [0.15, 0.2) is 0 Å². The second kappa shape index (κ2) is 10.5. The number of piperazine rings is 1. The van der Waals surface area contributed by atoms with Crippen LogP contribution in [0.2, 0.25) is 0 Å². The zero-order valence-electron chi connectivity index (χ0n) is 19.2. The van der Waals surface area contributed by atoms with Crippen LogP contribution in [0.1, 0.15) is 22.0 Å². The van der Waals surface area contributed by atoms with Crippen LogP contribution in [0.15, 0.2) is 40.6 Å². The molecular formula is C23H32N4O4S2. The molecule has 0 radical (unpaired) electrons. The van der Waals surface area contributed by atoms with Gasteiger partial charge in [0.25, 0.3) is 0 Å². The third-order valence-corrected chi connectivity index (χ3v) is 9.31. The van der Waals surface area contributed by atoms with E-state index >= 15 is 0 Å². The molecule has 2 fully saturated rings. The molecular weight excluding hydrogens is 460 g/mol. The van der Waals surface area contributed by atoms with Crippen LogP contribution in [0.4, 0.5) is 4.79 Å². The van der Waals surface area contributed by atoms with Crippen LogP contribution in [0, 0.1) is 13.8 Å². The number of nitrogens with one attached hydrogen (secondary N) is 1. The maximum Gasteiger partial charge on any atom is 0.317 e. The summed E-state index contributed by atoms with van der Waals surface area (Å²) in [7, 11) is -3.56. The van der Waals surface area contributed by atoms with Gasteiger partial charge in [-0.1, -0.05) is 12.1 Å². The second-order valence-electron chi connectivity index (χ2n) is 8.50. The molecule has 3 heterocycles. The van der Waals surface area contributed by atoms with Gasteiger partial charge in [0.05, 0.1) is 24.2 Å². The fourth-order valence-electron chi connectivity index (χ4n) is 4.23. The average molecular weight is 493 g/mol. The summed E-state index contributed by atoms with van der Waals surface area (Å²) < 4.78 is 33.0. The lowest BCUT2D eigenvalue weighted by atomic mass is 10.1. The molecule has 1 aromatic heterocycles. The Bertz CT molecular complexity index is 1040. The Labute approximate surface area is 200 Å². The number of amides is 2. The smallest absolute Gasteiger partial charge is 0.317 e. The van der Waals surface area contributed by atoms with E-state index in [4.69, 9.17) is 4.74 Å². The molecule has 1 atom stereocenters. The van der Waals surface area contributed by atoms with Gasteiger partial charge in [-0.25, -0.2) is 13.2 Å². The van der Waals surface area contributed by atoms with E-state index in [0.29, 0.717) is 50.8 Å². The number of morpholine rings is 1. The van der Waals surface area contributed by atoms with Crippen LogP contribution in [0.5, 0.6) is 0 Å². The van der Waals surface area contributed by atoms with Crippen LogP contribution in [0.25, 0.3) is 0 Å². The number of carbonyl (C=O) groups is 1. The number of benzene rings is 1. The van der Waals surface area contributed by atoms with Crippen molar-refractivity contribution >= 4 is 27.4 Å². The van der Waals surface area contributed by atoms with E-state index in [-0.39, 0.29) is 12.1 Å². The molecule has 0 saturated carbocycles. The number of hydrogen-bond acceptors (Lipinski definition) is 6. The Morgan fingerprint density at radius 1 is 1.06 bits per heavy atom. The van der Waals surface area contributed by atoms with Gasteiger partial charge < -0.3 is 15.0 Å². The number of carbonyl (C=O) groups excluding carboxylic acids is 1. The van der Waals surface area contributed by atoms with Crippen molar-refractivity contribution in [3.63, 3.8) is 0 Å². The summed E-state index contributed by atoms with van der Waals surface area (Å²) >= 11 is 1.69. The summed E-state index contributed by atoms with van der Waals surface area (Å²) in [6.07, 6.45) is 0. The monoisotopic (exact) mass is 492 g/mol. The molecule has 2 aromatic rings. The maximum absolute atomic E-state index is 13.0. The second-order valence-corrected chi connectivity index (χ2v) is 11.4. The molecule has 0 spiro atoms. The van der Waals surface area contributed by atoms with Gasteiger partial charge in [-0.15, -0.1) is 11.3 Å². The minimum Gasteiger partial charge on any atom is -0.379 e. The average Bonchev–Trinajstić information content (AvgIpc) is 3.36. The Morgan fingerprint density at radius 3 is 2.42 bits per heavy atom. The fourth-order valence-corrected chi connectivity index (χ4v) is 6.60. The van der Waals surface area contributed by atoms with Crippen LogP contribution in [-0.4, -0.2) is 87.6 Å². The first-order valence-corrected chi connectivity index (χ1v) is 13.6. The first kappa shape index (κ1) is 24.2. The first-order valence-electron chi connectivity index (χ1n) is 11.3. The summed E-state index contributed by atoms with van der Waals surface area (Å²) in [5.41, 5.74) is 2.02. The lowest BCUT2D eigenvalue weighted by Gasteiger charge is -2.36. The minimum absolute atomic E-state index is 0.115. The topological polar surface area (TPSA) is 82.2 Å². The highest BCUT2D eigenvalue weighted by Gasteiger charge is 2.31. The summed E-state index contributed by atoms with van der Waals surface area (Å²) in [5.74, 6) is 0. The number of nitrogens with zero attached hydrogens (tertiary/aromatic N) is 3. The molecule has 0 aliphatic carbocycles. The SMILES string of the molecule is Cc1ccc(S(=O)(=O)N2CCN(C(=O)NCC(c3cccs3)N3CCOCC3)CC2)cc1C. The molecule has 8 nitrogen and oxygen atoms in total. The summed E-state index contributed by atoms with van der Waals surface area (Å²) in [6.45, 7) is 8.80. The van der Waals surface area contributed by atoms with Gasteiger partial charge in [0.2, 0.25) is 10.0 Å². The van der Waals surface area contributed by atoms with Gasteiger partial charge in [-0.3, -0.25) is 4.90 Å². The Morgan fingerprint density at radius 2 is 1.79 bits per heavy atom. The summed E-state index contributed by atoms with van der Waals surface area (Å²) in [5, 5.41) is 5.14. The van der Waals surface area contributed by atoms with E-state index < -0.39 is 10.0 Å². The fraction of sp³-hybridized carbons (Fsp3) is 0.522. The lowest BCUT2D eigenvalue weighted by Crippen LogP contribution is -2.54. The molecule has 2 aliphatic rings. The van der Waals surface area contributed by atoms with E-state index in [2.05, 4.69) is 21.7 Å². The van der Waals surface area contributed by atoms with E-state index in [1.54, 1.807) is 28.4 Å². The minimum atomic E-state index is -3.56. The van der Waals surface area contributed by atoms with Crippen molar-refractivity contribution in [1.82, 2.24) is 19.4 Å². The number of sulfonamides is 1. The van der Waals surface area contributed by atoms with E-state index in [0.717, 1.165) is 24.2 Å². The van der Waals surface area contributed by atoms with Crippen molar-refractivity contribution in [2.24, 2.45) is 0 Å². The molecule has 10 heteroatoms. The normalized spacial score (nSPS) is 19.4. The largest absolute Gasteiger partial charge is 0.379 e. The first-order chi connectivity index (χ1) is 15.9. The molecule has 180 valence electrons. The third kappa shape index (κ3) is 5.58. The van der Waals surface area contributed by atoms with E-state index in [9.17, 15) is 13.2 Å². The van der Waals surface area contributed by atoms with E-state index in [1.165, 1.54) is 9.18 Å². The number of urea groups is 1. The van der Waals surface area contributed by atoms with Gasteiger partial charge in [0.1, 0.15) is 0 Å². The Balaban J connectivity index is 1.33. The van der Waals surface area contributed by atoms with Crippen molar-refractivity contribution in [3.8, 4) is 0 Å². The van der Waals surface area contributed by atoms with Crippen molar-refractivity contribution in [2.45, 2.75) is 24.8 Å². The number of hydrogen-bond donors (Lipinski definition) is 1. The van der Waals surface area contributed by atoms with Crippen LogP contribution < -0.4 is 5.32 Å². The van der Waals surface area contributed by atoms with Crippen molar-refractivity contribution in [2.75, 3.05) is 59.0 Å². The quantitative estimate of drug-likeness (QED) is 0.670. The zero-order valence-corrected chi connectivity index (χ0v) is 20.8. The molecule has 2 amide bonds. The molecule has 33 heavy (non-hydrogen) atoms. The van der Waals surface area contributed by atoms with Crippen LogP contribution in [0.3, 0.4) is 0 Å². The van der Waals surface area contributed by atoms with Crippen molar-refractivity contribution < 1.29 is 17.9 Å². The number of aryl methyl sites for hydroxylation is 2. The lowest BCUT2D eigenvalue weighted by molar-refractivity contribution is 0.0171. The van der Waals surface area contributed by atoms with Crippen molar-refractivity contribution in [3.05, 3.63) is 51.7 Å². The van der Waals surface area contributed by atoms with Gasteiger partial charge in [-0.05, 0) is 48.6 Å². The molecule has 0 bridgehead atoms. The summed E-state index contributed by atoms with van der Waals surface area (Å²) in [6, 6.07) is 9.33.